The fourth-order valence-electron chi connectivity index (χ4n) is 2.21. The average Bonchev–Trinajstić information content (AvgIpc) is 2.84. The molecular formula is C11H19N3S. The van der Waals surface area contributed by atoms with Crippen molar-refractivity contribution < 1.29 is 0 Å². The van der Waals surface area contributed by atoms with E-state index in [-0.39, 0.29) is 5.54 Å². The second-order valence-electron chi connectivity index (χ2n) is 4.48. The molecule has 0 amide bonds. The van der Waals surface area contributed by atoms with Gasteiger partial charge in [-0.25, -0.2) is 4.98 Å². The maximum Gasteiger partial charge on any atom is 0.0795 e. The van der Waals surface area contributed by atoms with Crippen molar-refractivity contribution in [1.29, 1.82) is 0 Å². The summed E-state index contributed by atoms with van der Waals surface area (Å²) in [5.74, 6) is 0. The van der Waals surface area contributed by atoms with Gasteiger partial charge in [-0.2, -0.15) is 0 Å². The van der Waals surface area contributed by atoms with E-state index in [1.165, 1.54) is 25.7 Å². The Kier molecular flexibility index (Phi) is 3.72. The molecule has 3 N–H and O–H groups in total. The second kappa shape index (κ2) is 5.05. The molecule has 84 valence electrons. The van der Waals surface area contributed by atoms with E-state index in [9.17, 15) is 0 Å². The van der Waals surface area contributed by atoms with Gasteiger partial charge < -0.3 is 11.1 Å². The first-order valence-electron chi connectivity index (χ1n) is 5.65. The highest BCUT2D eigenvalue weighted by atomic mass is 32.1. The van der Waals surface area contributed by atoms with Crippen molar-refractivity contribution in [2.75, 3.05) is 6.54 Å². The van der Waals surface area contributed by atoms with Gasteiger partial charge in [0.05, 0.1) is 11.2 Å². The number of aromatic nitrogens is 1. The van der Waals surface area contributed by atoms with E-state index in [0.29, 0.717) is 0 Å². The van der Waals surface area contributed by atoms with Gasteiger partial charge in [-0.05, 0) is 25.8 Å². The van der Waals surface area contributed by atoms with Gasteiger partial charge in [-0.1, -0.05) is 12.8 Å². The molecule has 0 unspecified atom stereocenters. The number of hydrogen-bond acceptors (Lipinski definition) is 4. The molecule has 1 saturated carbocycles. The number of rotatable bonds is 5. The Morgan fingerprint density at radius 2 is 2.27 bits per heavy atom. The lowest BCUT2D eigenvalue weighted by molar-refractivity contribution is 0.393. The Morgan fingerprint density at radius 1 is 1.47 bits per heavy atom. The molecule has 0 spiro atoms. The maximum absolute atomic E-state index is 6.26. The first kappa shape index (κ1) is 11.0. The van der Waals surface area contributed by atoms with Gasteiger partial charge in [0.25, 0.3) is 0 Å². The van der Waals surface area contributed by atoms with Crippen LogP contribution in [0.1, 0.15) is 37.8 Å². The quantitative estimate of drug-likeness (QED) is 0.752. The van der Waals surface area contributed by atoms with Crippen molar-refractivity contribution in [3.63, 3.8) is 0 Å². The number of nitrogens with two attached hydrogens (primary N) is 1. The van der Waals surface area contributed by atoms with Crippen LogP contribution in [-0.2, 0) is 6.54 Å². The number of nitrogens with one attached hydrogen (secondary N) is 1. The van der Waals surface area contributed by atoms with Crippen LogP contribution in [0.15, 0.2) is 10.9 Å². The van der Waals surface area contributed by atoms with Crippen LogP contribution in [0.4, 0.5) is 0 Å². The second-order valence-corrected chi connectivity index (χ2v) is 5.19. The Hall–Kier alpha value is -0.450. The summed E-state index contributed by atoms with van der Waals surface area (Å²) >= 11 is 1.65. The van der Waals surface area contributed by atoms with Gasteiger partial charge in [0.15, 0.2) is 0 Å². The zero-order valence-electron chi connectivity index (χ0n) is 9.04. The van der Waals surface area contributed by atoms with Crippen molar-refractivity contribution in [1.82, 2.24) is 10.3 Å². The fourth-order valence-corrected chi connectivity index (χ4v) is 2.77. The minimum atomic E-state index is 0.120. The molecule has 1 aliphatic rings. The first-order chi connectivity index (χ1) is 7.29. The maximum atomic E-state index is 6.26. The minimum Gasteiger partial charge on any atom is -0.325 e. The molecule has 0 atom stereocenters. The molecular weight excluding hydrogens is 206 g/mol. The van der Waals surface area contributed by atoms with Gasteiger partial charge >= 0.3 is 0 Å². The monoisotopic (exact) mass is 225 g/mol. The van der Waals surface area contributed by atoms with Crippen LogP contribution in [0.2, 0.25) is 0 Å². The molecule has 4 heteroatoms. The van der Waals surface area contributed by atoms with Gasteiger partial charge in [0.2, 0.25) is 0 Å². The standard InChI is InChI=1S/C11H19N3S/c12-11(3-1-2-4-11)5-6-13-7-10-8-15-9-14-10/h8-9,13H,1-7,12H2. The van der Waals surface area contributed by atoms with Gasteiger partial charge in [-0.3, -0.25) is 0 Å². The lowest BCUT2D eigenvalue weighted by Crippen LogP contribution is -2.39. The molecule has 0 bridgehead atoms. The third-order valence-electron chi connectivity index (χ3n) is 3.19. The fraction of sp³-hybridized carbons (Fsp3) is 0.727. The number of thiazole rings is 1. The highest BCUT2D eigenvalue weighted by Gasteiger charge is 2.28. The Labute approximate surface area is 95.1 Å². The number of hydrogen-bond donors (Lipinski definition) is 2. The van der Waals surface area contributed by atoms with Gasteiger partial charge in [0.1, 0.15) is 0 Å². The van der Waals surface area contributed by atoms with Crippen molar-refractivity contribution in [3.05, 3.63) is 16.6 Å². The van der Waals surface area contributed by atoms with Crippen LogP contribution in [0.3, 0.4) is 0 Å². The van der Waals surface area contributed by atoms with Crippen molar-refractivity contribution >= 4 is 11.3 Å². The summed E-state index contributed by atoms with van der Waals surface area (Å²) in [5, 5.41) is 5.49. The molecule has 0 aromatic carbocycles. The molecule has 1 heterocycles. The Bertz CT molecular complexity index is 278. The summed E-state index contributed by atoms with van der Waals surface area (Å²) in [6.45, 7) is 1.88. The van der Waals surface area contributed by atoms with E-state index in [1.54, 1.807) is 11.3 Å². The SMILES string of the molecule is NC1(CCNCc2cscn2)CCCC1. The van der Waals surface area contributed by atoms with Crippen LogP contribution >= 0.6 is 11.3 Å². The van der Waals surface area contributed by atoms with Gasteiger partial charge in [-0.15, -0.1) is 11.3 Å². The van der Waals surface area contributed by atoms with E-state index in [1.807, 2.05) is 5.51 Å². The highest BCUT2D eigenvalue weighted by Crippen LogP contribution is 2.29. The van der Waals surface area contributed by atoms with Crippen LogP contribution < -0.4 is 11.1 Å². The summed E-state index contributed by atoms with van der Waals surface area (Å²) in [6, 6.07) is 0. The summed E-state index contributed by atoms with van der Waals surface area (Å²) in [6.07, 6.45) is 6.11. The van der Waals surface area contributed by atoms with E-state index in [4.69, 9.17) is 5.73 Å². The molecule has 0 saturated heterocycles. The largest absolute Gasteiger partial charge is 0.325 e. The smallest absolute Gasteiger partial charge is 0.0795 e. The predicted octanol–water partition coefficient (Wildman–Crippen LogP) is 1.89. The molecule has 0 aliphatic heterocycles. The molecule has 1 aliphatic carbocycles. The molecule has 3 nitrogen and oxygen atoms in total. The topological polar surface area (TPSA) is 50.9 Å². The number of nitrogens with zero attached hydrogens (tertiary/aromatic N) is 1. The molecule has 1 aromatic rings. The Balaban J connectivity index is 1.62. The van der Waals surface area contributed by atoms with Crippen molar-refractivity contribution in [2.24, 2.45) is 5.73 Å². The molecule has 2 rings (SSSR count). The lowest BCUT2D eigenvalue weighted by atomic mass is 9.95. The van der Waals surface area contributed by atoms with Crippen molar-refractivity contribution in [2.45, 2.75) is 44.2 Å². The third kappa shape index (κ3) is 3.26. The zero-order valence-corrected chi connectivity index (χ0v) is 9.85. The normalized spacial score (nSPS) is 19.5. The van der Waals surface area contributed by atoms with E-state index < -0.39 is 0 Å². The van der Waals surface area contributed by atoms with Crippen LogP contribution in [0.5, 0.6) is 0 Å². The van der Waals surface area contributed by atoms with E-state index in [2.05, 4.69) is 15.7 Å². The summed E-state index contributed by atoms with van der Waals surface area (Å²) in [4.78, 5) is 4.23. The van der Waals surface area contributed by atoms with E-state index in [0.717, 1.165) is 25.2 Å². The first-order valence-corrected chi connectivity index (χ1v) is 6.59. The lowest BCUT2D eigenvalue weighted by Gasteiger charge is -2.23. The van der Waals surface area contributed by atoms with Crippen molar-refractivity contribution in [3.8, 4) is 0 Å². The summed E-state index contributed by atoms with van der Waals surface area (Å²) in [5.41, 5.74) is 9.40. The molecule has 1 fully saturated rings. The van der Waals surface area contributed by atoms with Gasteiger partial charge in [0, 0.05) is 17.5 Å². The molecule has 1 aromatic heterocycles. The zero-order chi connectivity index (χ0) is 10.6. The Morgan fingerprint density at radius 3 is 2.93 bits per heavy atom. The highest BCUT2D eigenvalue weighted by molar-refractivity contribution is 7.07. The van der Waals surface area contributed by atoms with Crippen LogP contribution in [0, 0.1) is 0 Å². The van der Waals surface area contributed by atoms with E-state index >= 15 is 0 Å². The van der Waals surface area contributed by atoms with Crippen LogP contribution in [0.25, 0.3) is 0 Å². The summed E-state index contributed by atoms with van der Waals surface area (Å²) < 4.78 is 0. The summed E-state index contributed by atoms with van der Waals surface area (Å²) in [7, 11) is 0. The van der Waals surface area contributed by atoms with Crippen LogP contribution in [-0.4, -0.2) is 17.1 Å². The molecule has 15 heavy (non-hydrogen) atoms. The predicted molar refractivity (Wildman–Crippen MR) is 63.8 cm³/mol. The average molecular weight is 225 g/mol. The molecule has 0 radical (unpaired) electrons. The third-order valence-corrected chi connectivity index (χ3v) is 3.82. The minimum absolute atomic E-state index is 0.120.